The van der Waals surface area contributed by atoms with E-state index in [-0.39, 0.29) is 17.8 Å². The zero-order chi connectivity index (χ0) is 14.3. The summed E-state index contributed by atoms with van der Waals surface area (Å²) in [6.45, 7) is 4.52. The number of aromatic nitrogens is 1. The van der Waals surface area contributed by atoms with Gasteiger partial charge in [-0.25, -0.2) is 9.37 Å². The molecule has 20 heavy (non-hydrogen) atoms. The summed E-state index contributed by atoms with van der Waals surface area (Å²) in [6.07, 6.45) is 0.925. The predicted molar refractivity (Wildman–Crippen MR) is 76.4 cm³/mol. The Hall–Kier alpha value is -1.75. The van der Waals surface area contributed by atoms with Crippen LogP contribution in [0.5, 0.6) is 0 Å². The summed E-state index contributed by atoms with van der Waals surface area (Å²) in [7, 11) is 0. The Balaban J connectivity index is 1.83. The molecule has 1 saturated heterocycles. The first-order valence-corrected chi connectivity index (χ1v) is 7.38. The van der Waals surface area contributed by atoms with E-state index in [1.165, 1.54) is 23.5 Å². The highest BCUT2D eigenvalue weighted by Gasteiger charge is 2.35. The molecule has 1 unspecified atom stereocenters. The average molecular weight is 290 g/mol. The highest BCUT2D eigenvalue weighted by Crippen LogP contribution is 2.35. The van der Waals surface area contributed by atoms with Crippen LogP contribution >= 0.6 is 11.3 Å². The number of aryl methyl sites for hydroxylation is 2. The molecule has 1 aliphatic rings. The number of carbonyl (C=O) groups is 1. The second kappa shape index (κ2) is 4.98. The second-order valence-corrected chi connectivity index (χ2v) is 6.21. The first kappa shape index (κ1) is 13.2. The van der Waals surface area contributed by atoms with Crippen molar-refractivity contribution in [3.05, 3.63) is 51.2 Å². The molecule has 1 aromatic carbocycles. The van der Waals surface area contributed by atoms with Crippen LogP contribution in [0.15, 0.2) is 24.3 Å². The maximum Gasteiger partial charge on any atom is 0.266 e. The number of hydrogen-bond acceptors (Lipinski definition) is 3. The van der Waals surface area contributed by atoms with Crippen LogP contribution in [0.3, 0.4) is 0 Å². The Bertz CT molecular complexity index is 650. The Morgan fingerprint density at radius 1 is 1.35 bits per heavy atom. The topological polar surface area (TPSA) is 33.2 Å². The number of likely N-dealkylation sites (tertiary alicyclic amines) is 1. The van der Waals surface area contributed by atoms with Gasteiger partial charge in [-0.1, -0.05) is 12.1 Å². The molecule has 3 rings (SSSR count). The Morgan fingerprint density at radius 2 is 2.05 bits per heavy atom. The summed E-state index contributed by atoms with van der Waals surface area (Å²) >= 11 is 1.44. The normalized spacial score (nSPS) is 17.9. The van der Waals surface area contributed by atoms with Gasteiger partial charge in [0.25, 0.3) is 5.91 Å². The minimum atomic E-state index is -0.250. The molecule has 1 aliphatic heterocycles. The Kier molecular flexibility index (Phi) is 3.30. The Labute approximate surface area is 121 Å². The molecule has 5 heteroatoms. The molecule has 3 nitrogen and oxygen atoms in total. The van der Waals surface area contributed by atoms with Gasteiger partial charge in [-0.15, -0.1) is 11.3 Å². The number of amides is 1. The molecule has 0 aliphatic carbocycles. The van der Waals surface area contributed by atoms with Gasteiger partial charge in [0.2, 0.25) is 0 Å². The van der Waals surface area contributed by atoms with Crippen LogP contribution in [0.4, 0.5) is 4.39 Å². The van der Waals surface area contributed by atoms with Gasteiger partial charge in [-0.2, -0.15) is 0 Å². The van der Waals surface area contributed by atoms with Crippen LogP contribution in [0.25, 0.3) is 0 Å². The molecule has 0 radical (unpaired) electrons. The summed E-state index contributed by atoms with van der Waals surface area (Å²) in [5, 5.41) is 0.907. The smallest absolute Gasteiger partial charge is 0.266 e. The molecule has 2 heterocycles. The molecule has 0 saturated carbocycles. The van der Waals surface area contributed by atoms with Crippen molar-refractivity contribution in [2.75, 3.05) is 6.54 Å². The number of hydrogen-bond donors (Lipinski definition) is 0. The summed E-state index contributed by atoms with van der Waals surface area (Å²) in [6, 6.07) is 6.45. The minimum Gasteiger partial charge on any atom is -0.331 e. The summed E-state index contributed by atoms with van der Waals surface area (Å²) in [4.78, 5) is 19.4. The molecule has 2 aromatic rings. The lowest BCUT2D eigenvalue weighted by Gasteiger charge is -2.41. The summed E-state index contributed by atoms with van der Waals surface area (Å²) < 4.78 is 13.0. The van der Waals surface area contributed by atoms with Crippen molar-refractivity contribution in [2.24, 2.45) is 0 Å². The van der Waals surface area contributed by atoms with Crippen LogP contribution < -0.4 is 0 Å². The minimum absolute atomic E-state index is 0.0358. The molecular formula is C15H15FN2OS. The van der Waals surface area contributed by atoms with Gasteiger partial charge in [0.05, 0.1) is 16.7 Å². The van der Waals surface area contributed by atoms with E-state index < -0.39 is 0 Å². The van der Waals surface area contributed by atoms with E-state index in [1.54, 1.807) is 12.1 Å². The molecular weight excluding hydrogens is 275 g/mol. The number of carbonyl (C=O) groups excluding carboxylic acids is 1. The Morgan fingerprint density at radius 3 is 2.55 bits per heavy atom. The first-order chi connectivity index (χ1) is 9.56. The van der Waals surface area contributed by atoms with Crippen molar-refractivity contribution >= 4 is 17.2 Å². The SMILES string of the molecule is Cc1nc(C)c(C(=O)N2CCC2c2ccc(F)cc2)s1. The van der Waals surface area contributed by atoms with Gasteiger partial charge in [0.15, 0.2) is 0 Å². The lowest BCUT2D eigenvalue weighted by molar-refractivity contribution is 0.0464. The lowest BCUT2D eigenvalue weighted by atomic mass is 9.94. The van der Waals surface area contributed by atoms with Crippen molar-refractivity contribution in [3.8, 4) is 0 Å². The zero-order valence-electron chi connectivity index (χ0n) is 11.4. The summed E-state index contributed by atoms with van der Waals surface area (Å²) in [5.41, 5.74) is 1.78. The highest BCUT2D eigenvalue weighted by atomic mass is 32.1. The summed E-state index contributed by atoms with van der Waals surface area (Å²) in [5.74, 6) is -0.214. The predicted octanol–water partition coefficient (Wildman–Crippen LogP) is 3.49. The zero-order valence-corrected chi connectivity index (χ0v) is 12.2. The number of halogens is 1. The number of nitrogens with zero attached hydrogens (tertiary/aromatic N) is 2. The second-order valence-electron chi connectivity index (χ2n) is 5.00. The number of benzene rings is 1. The van der Waals surface area contributed by atoms with E-state index in [9.17, 15) is 9.18 Å². The molecule has 0 spiro atoms. The van der Waals surface area contributed by atoms with E-state index in [1.807, 2.05) is 18.7 Å². The van der Waals surface area contributed by atoms with Crippen molar-refractivity contribution in [1.29, 1.82) is 0 Å². The number of thiazole rings is 1. The van der Waals surface area contributed by atoms with Crippen molar-refractivity contribution in [1.82, 2.24) is 9.88 Å². The van der Waals surface area contributed by atoms with Crippen molar-refractivity contribution < 1.29 is 9.18 Å². The van der Waals surface area contributed by atoms with Crippen LogP contribution in [0.1, 0.15) is 38.4 Å². The van der Waals surface area contributed by atoms with Crippen molar-refractivity contribution in [3.63, 3.8) is 0 Å². The monoisotopic (exact) mass is 290 g/mol. The fourth-order valence-electron chi connectivity index (χ4n) is 2.52. The van der Waals surface area contributed by atoms with Gasteiger partial charge >= 0.3 is 0 Å². The molecule has 104 valence electrons. The third kappa shape index (κ3) is 2.22. The van der Waals surface area contributed by atoms with Gasteiger partial charge in [-0.05, 0) is 38.0 Å². The van der Waals surface area contributed by atoms with E-state index in [0.717, 1.165) is 29.2 Å². The van der Waals surface area contributed by atoms with Gasteiger partial charge < -0.3 is 4.90 Å². The van der Waals surface area contributed by atoms with Gasteiger partial charge in [-0.3, -0.25) is 4.79 Å². The van der Waals surface area contributed by atoms with Crippen LogP contribution in [0, 0.1) is 19.7 Å². The van der Waals surface area contributed by atoms with Crippen LogP contribution in [-0.2, 0) is 0 Å². The van der Waals surface area contributed by atoms with Gasteiger partial charge in [0.1, 0.15) is 10.7 Å². The highest BCUT2D eigenvalue weighted by molar-refractivity contribution is 7.13. The molecule has 0 N–H and O–H groups in total. The van der Waals surface area contributed by atoms with E-state index >= 15 is 0 Å². The molecule has 1 atom stereocenters. The largest absolute Gasteiger partial charge is 0.331 e. The fraction of sp³-hybridized carbons (Fsp3) is 0.333. The standard InChI is InChI=1S/C15H15FN2OS/c1-9-14(20-10(2)17-9)15(19)18-8-7-13(18)11-3-5-12(16)6-4-11/h3-6,13H,7-8H2,1-2H3. The van der Waals surface area contributed by atoms with Crippen molar-refractivity contribution in [2.45, 2.75) is 26.3 Å². The van der Waals surface area contributed by atoms with Gasteiger partial charge in [0, 0.05) is 6.54 Å². The maximum atomic E-state index is 13.0. The fourth-order valence-corrected chi connectivity index (χ4v) is 3.40. The van der Waals surface area contributed by atoms with Crippen LogP contribution in [0.2, 0.25) is 0 Å². The number of rotatable bonds is 2. The molecule has 1 fully saturated rings. The lowest BCUT2D eigenvalue weighted by Crippen LogP contribution is -2.45. The van der Waals surface area contributed by atoms with E-state index in [0.29, 0.717) is 4.88 Å². The molecule has 1 amide bonds. The average Bonchev–Trinajstić information content (AvgIpc) is 2.70. The third-order valence-electron chi connectivity index (χ3n) is 3.63. The van der Waals surface area contributed by atoms with Crippen LogP contribution in [-0.4, -0.2) is 22.3 Å². The maximum absolute atomic E-state index is 13.0. The van der Waals surface area contributed by atoms with E-state index in [2.05, 4.69) is 4.98 Å². The molecule has 0 bridgehead atoms. The quantitative estimate of drug-likeness (QED) is 0.848. The third-order valence-corrected chi connectivity index (χ3v) is 4.69. The first-order valence-electron chi connectivity index (χ1n) is 6.56. The molecule has 1 aromatic heterocycles. The van der Waals surface area contributed by atoms with E-state index in [4.69, 9.17) is 0 Å².